The smallest absolute Gasteiger partial charge is 0.315 e. The SMILES string of the molecule is CCCC(COC)NC(=O)NCCC(C)C(=O)O. The Morgan fingerprint density at radius 1 is 1.33 bits per heavy atom. The van der Waals surface area contributed by atoms with Crippen LogP contribution in [0.4, 0.5) is 4.79 Å². The molecule has 0 spiro atoms. The van der Waals surface area contributed by atoms with Gasteiger partial charge in [-0.05, 0) is 12.8 Å². The quantitative estimate of drug-likeness (QED) is 0.581. The number of carbonyl (C=O) groups is 2. The summed E-state index contributed by atoms with van der Waals surface area (Å²) in [5.41, 5.74) is 0. The fraction of sp³-hybridized carbons (Fsp3) is 0.833. The minimum absolute atomic E-state index is 0.00287. The van der Waals surface area contributed by atoms with E-state index in [-0.39, 0.29) is 12.1 Å². The highest BCUT2D eigenvalue weighted by Gasteiger charge is 2.13. The predicted octanol–water partition coefficient (Wildman–Crippen LogP) is 1.21. The van der Waals surface area contributed by atoms with Crippen molar-refractivity contribution in [1.82, 2.24) is 10.6 Å². The average molecular weight is 260 g/mol. The van der Waals surface area contributed by atoms with Crippen LogP contribution in [0, 0.1) is 5.92 Å². The number of hydrogen-bond acceptors (Lipinski definition) is 3. The molecular formula is C12H24N2O4. The largest absolute Gasteiger partial charge is 0.481 e. The zero-order valence-corrected chi connectivity index (χ0v) is 11.4. The van der Waals surface area contributed by atoms with E-state index in [1.54, 1.807) is 14.0 Å². The van der Waals surface area contributed by atoms with Crippen molar-refractivity contribution >= 4 is 12.0 Å². The number of aliphatic carboxylic acids is 1. The second-order valence-corrected chi connectivity index (χ2v) is 4.37. The zero-order valence-electron chi connectivity index (χ0n) is 11.4. The number of amides is 2. The summed E-state index contributed by atoms with van der Waals surface area (Å²) in [6, 6.07) is -0.278. The summed E-state index contributed by atoms with van der Waals surface area (Å²) in [6.07, 6.45) is 2.24. The van der Waals surface area contributed by atoms with Gasteiger partial charge in [-0.3, -0.25) is 4.79 Å². The molecule has 0 bridgehead atoms. The normalized spacial score (nSPS) is 13.7. The Bertz CT molecular complexity index is 252. The molecule has 0 radical (unpaired) electrons. The lowest BCUT2D eigenvalue weighted by molar-refractivity contribution is -0.141. The third-order valence-corrected chi connectivity index (χ3v) is 2.62. The van der Waals surface area contributed by atoms with Crippen molar-refractivity contribution in [2.24, 2.45) is 5.92 Å². The van der Waals surface area contributed by atoms with E-state index >= 15 is 0 Å². The summed E-state index contributed by atoms with van der Waals surface area (Å²) < 4.78 is 5.01. The highest BCUT2D eigenvalue weighted by Crippen LogP contribution is 2.00. The van der Waals surface area contributed by atoms with Crippen molar-refractivity contribution in [3.05, 3.63) is 0 Å². The minimum Gasteiger partial charge on any atom is -0.481 e. The lowest BCUT2D eigenvalue weighted by atomic mass is 10.1. The van der Waals surface area contributed by atoms with E-state index in [4.69, 9.17) is 9.84 Å². The highest BCUT2D eigenvalue weighted by atomic mass is 16.5. The maximum absolute atomic E-state index is 11.5. The number of carboxylic acids is 1. The predicted molar refractivity (Wildman–Crippen MR) is 68.5 cm³/mol. The monoisotopic (exact) mass is 260 g/mol. The maximum atomic E-state index is 11.5. The number of ether oxygens (including phenoxy) is 1. The molecule has 6 heteroatoms. The van der Waals surface area contributed by atoms with E-state index < -0.39 is 11.9 Å². The average Bonchev–Trinajstić information content (AvgIpc) is 2.29. The first-order chi connectivity index (χ1) is 8.51. The fourth-order valence-electron chi connectivity index (χ4n) is 1.51. The van der Waals surface area contributed by atoms with E-state index in [1.807, 2.05) is 6.92 Å². The van der Waals surface area contributed by atoms with Gasteiger partial charge in [-0.25, -0.2) is 4.79 Å². The van der Waals surface area contributed by atoms with E-state index in [2.05, 4.69) is 10.6 Å². The summed E-state index contributed by atoms with van der Waals surface area (Å²) in [5, 5.41) is 14.1. The molecule has 6 nitrogen and oxygen atoms in total. The first kappa shape index (κ1) is 16.7. The van der Waals surface area contributed by atoms with Crippen molar-refractivity contribution in [1.29, 1.82) is 0 Å². The molecular weight excluding hydrogens is 236 g/mol. The molecule has 0 saturated carbocycles. The molecule has 2 amide bonds. The lowest BCUT2D eigenvalue weighted by Gasteiger charge is -2.17. The molecule has 0 heterocycles. The summed E-state index contributed by atoms with van der Waals surface area (Å²) in [4.78, 5) is 22.1. The number of carbonyl (C=O) groups excluding carboxylic acids is 1. The van der Waals surface area contributed by atoms with Gasteiger partial charge >= 0.3 is 12.0 Å². The molecule has 0 aromatic heterocycles. The highest BCUT2D eigenvalue weighted by molar-refractivity contribution is 5.74. The van der Waals surface area contributed by atoms with Gasteiger partial charge in [-0.1, -0.05) is 20.3 Å². The standard InChI is InChI=1S/C12H24N2O4/c1-4-5-10(8-18-3)14-12(17)13-7-6-9(2)11(15)16/h9-10H,4-8H2,1-3H3,(H,15,16)(H2,13,14,17). The van der Waals surface area contributed by atoms with Crippen LogP contribution in [0.5, 0.6) is 0 Å². The third kappa shape index (κ3) is 7.89. The van der Waals surface area contributed by atoms with E-state index in [0.717, 1.165) is 12.8 Å². The van der Waals surface area contributed by atoms with Crippen LogP contribution >= 0.6 is 0 Å². The van der Waals surface area contributed by atoms with Crippen LogP contribution in [0.2, 0.25) is 0 Å². The van der Waals surface area contributed by atoms with Crippen molar-refractivity contribution in [3.63, 3.8) is 0 Å². The first-order valence-corrected chi connectivity index (χ1v) is 6.27. The Morgan fingerprint density at radius 3 is 2.50 bits per heavy atom. The third-order valence-electron chi connectivity index (χ3n) is 2.62. The molecule has 106 valence electrons. The van der Waals surface area contributed by atoms with Gasteiger partial charge in [0.05, 0.1) is 18.6 Å². The van der Waals surface area contributed by atoms with Crippen LogP contribution in [-0.2, 0) is 9.53 Å². The summed E-state index contributed by atoms with van der Waals surface area (Å²) in [7, 11) is 1.59. The van der Waals surface area contributed by atoms with Crippen molar-refractivity contribution in [2.45, 2.75) is 39.2 Å². The van der Waals surface area contributed by atoms with Crippen molar-refractivity contribution < 1.29 is 19.4 Å². The van der Waals surface area contributed by atoms with E-state index in [1.165, 1.54) is 0 Å². The maximum Gasteiger partial charge on any atom is 0.315 e. The second-order valence-electron chi connectivity index (χ2n) is 4.37. The number of rotatable bonds is 9. The lowest BCUT2D eigenvalue weighted by Crippen LogP contribution is -2.44. The molecule has 0 aliphatic carbocycles. The van der Waals surface area contributed by atoms with Crippen LogP contribution in [0.15, 0.2) is 0 Å². The van der Waals surface area contributed by atoms with Crippen molar-refractivity contribution in [2.75, 3.05) is 20.3 Å². The molecule has 2 atom stereocenters. The second kappa shape index (κ2) is 9.70. The Labute approximate surface area is 108 Å². The first-order valence-electron chi connectivity index (χ1n) is 6.27. The molecule has 3 N–H and O–H groups in total. The van der Waals surface area contributed by atoms with Gasteiger partial charge in [0.15, 0.2) is 0 Å². The molecule has 0 aliphatic heterocycles. The number of urea groups is 1. The number of methoxy groups -OCH3 is 1. The summed E-state index contributed by atoms with van der Waals surface area (Å²) >= 11 is 0. The van der Waals surface area contributed by atoms with Gasteiger partial charge in [0.2, 0.25) is 0 Å². The summed E-state index contributed by atoms with van der Waals surface area (Å²) in [6.45, 7) is 4.49. The molecule has 0 saturated heterocycles. The van der Waals surface area contributed by atoms with Gasteiger partial charge in [0, 0.05) is 13.7 Å². The number of hydrogen-bond donors (Lipinski definition) is 3. The van der Waals surface area contributed by atoms with Crippen LogP contribution in [-0.4, -0.2) is 43.4 Å². The molecule has 2 unspecified atom stereocenters. The van der Waals surface area contributed by atoms with Gasteiger partial charge < -0.3 is 20.5 Å². The Morgan fingerprint density at radius 2 is 2.00 bits per heavy atom. The molecule has 0 aromatic rings. The fourth-order valence-corrected chi connectivity index (χ4v) is 1.51. The van der Waals surface area contributed by atoms with Crippen molar-refractivity contribution in [3.8, 4) is 0 Å². The van der Waals surface area contributed by atoms with E-state index in [9.17, 15) is 9.59 Å². The number of carboxylic acid groups (broad SMARTS) is 1. The van der Waals surface area contributed by atoms with Crippen LogP contribution in [0.25, 0.3) is 0 Å². The molecule has 0 rings (SSSR count). The minimum atomic E-state index is -0.847. The van der Waals surface area contributed by atoms with E-state index in [0.29, 0.717) is 19.6 Å². The van der Waals surface area contributed by atoms with Gasteiger partial charge in [0.25, 0.3) is 0 Å². The zero-order chi connectivity index (χ0) is 14.0. The molecule has 0 fully saturated rings. The topological polar surface area (TPSA) is 87.7 Å². The van der Waals surface area contributed by atoms with Crippen LogP contribution in [0.1, 0.15) is 33.1 Å². The Hall–Kier alpha value is -1.30. The summed E-state index contributed by atoms with van der Waals surface area (Å²) in [5.74, 6) is -1.30. The Kier molecular flexibility index (Phi) is 9.00. The molecule has 18 heavy (non-hydrogen) atoms. The van der Waals surface area contributed by atoms with Gasteiger partial charge in [-0.2, -0.15) is 0 Å². The molecule has 0 aromatic carbocycles. The van der Waals surface area contributed by atoms with Crippen LogP contribution < -0.4 is 10.6 Å². The Balaban J connectivity index is 3.83. The van der Waals surface area contributed by atoms with Crippen LogP contribution in [0.3, 0.4) is 0 Å². The molecule has 0 aliphatic rings. The van der Waals surface area contributed by atoms with Gasteiger partial charge in [0.1, 0.15) is 0 Å². The number of nitrogens with one attached hydrogen (secondary N) is 2. The van der Waals surface area contributed by atoms with Gasteiger partial charge in [-0.15, -0.1) is 0 Å².